The van der Waals surface area contributed by atoms with Crippen molar-refractivity contribution in [3.63, 3.8) is 0 Å². The minimum absolute atomic E-state index is 0.211. The van der Waals surface area contributed by atoms with Crippen LogP contribution in [0.4, 0.5) is 0 Å². The van der Waals surface area contributed by atoms with Crippen molar-refractivity contribution in [1.82, 2.24) is 0 Å². The maximum absolute atomic E-state index is 6.18. The van der Waals surface area contributed by atoms with Crippen molar-refractivity contribution < 1.29 is 9.47 Å². The van der Waals surface area contributed by atoms with E-state index in [1.165, 1.54) is 44.9 Å². The second kappa shape index (κ2) is 11.3. The first-order chi connectivity index (χ1) is 10.6. The van der Waals surface area contributed by atoms with Gasteiger partial charge in [-0.15, -0.1) is 6.58 Å². The lowest BCUT2D eigenvalue weighted by atomic mass is 9.98. The van der Waals surface area contributed by atoms with Gasteiger partial charge in [-0.2, -0.15) is 0 Å². The van der Waals surface area contributed by atoms with Gasteiger partial charge < -0.3 is 9.47 Å². The summed E-state index contributed by atoms with van der Waals surface area (Å²) in [7, 11) is 0. The quantitative estimate of drug-likeness (QED) is 0.221. The molecular formula is C21H42O2. The molecule has 0 radical (unpaired) electrons. The minimum Gasteiger partial charge on any atom is -0.346 e. The Bertz CT molecular complexity index is 280. The van der Waals surface area contributed by atoms with E-state index in [-0.39, 0.29) is 23.4 Å². The van der Waals surface area contributed by atoms with Gasteiger partial charge in [-0.25, -0.2) is 0 Å². The topological polar surface area (TPSA) is 18.5 Å². The van der Waals surface area contributed by atoms with Crippen molar-refractivity contribution in [3.05, 3.63) is 12.7 Å². The molecule has 0 amide bonds. The Balaban J connectivity index is 4.38. The molecule has 0 bridgehead atoms. The van der Waals surface area contributed by atoms with E-state index >= 15 is 0 Å². The van der Waals surface area contributed by atoms with Crippen molar-refractivity contribution in [2.24, 2.45) is 5.92 Å². The number of hydrogen-bond donors (Lipinski definition) is 0. The monoisotopic (exact) mass is 326 g/mol. The van der Waals surface area contributed by atoms with Crippen LogP contribution in [-0.2, 0) is 9.47 Å². The van der Waals surface area contributed by atoms with Crippen LogP contribution in [0.25, 0.3) is 0 Å². The molecule has 0 aromatic carbocycles. The molecule has 1 unspecified atom stereocenters. The van der Waals surface area contributed by atoms with Gasteiger partial charge in [0.25, 0.3) is 0 Å². The van der Waals surface area contributed by atoms with E-state index in [0.717, 1.165) is 6.42 Å². The van der Waals surface area contributed by atoms with Gasteiger partial charge in [0.1, 0.15) is 0 Å². The molecule has 0 heterocycles. The van der Waals surface area contributed by atoms with Crippen molar-refractivity contribution >= 4 is 0 Å². The lowest BCUT2D eigenvalue weighted by molar-refractivity contribution is -0.249. The largest absolute Gasteiger partial charge is 0.346 e. The van der Waals surface area contributed by atoms with Gasteiger partial charge in [-0.1, -0.05) is 57.9 Å². The molecule has 0 aliphatic rings. The van der Waals surface area contributed by atoms with Gasteiger partial charge in [-0.3, -0.25) is 0 Å². The molecule has 2 heteroatoms. The second-order valence-electron chi connectivity index (χ2n) is 8.64. The highest BCUT2D eigenvalue weighted by molar-refractivity contribution is 4.84. The van der Waals surface area contributed by atoms with Crippen molar-refractivity contribution in [3.8, 4) is 0 Å². The molecule has 0 aromatic rings. The fourth-order valence-electron chi connectivity index (χ4n) is 2.60. The maximum atomic E-state index is 6.18. The normalized spacial score (nSPS) is 14.3. The molecule has 0 aliphatic carbocycles. The Morgan fingerprint density at radius 1 is 0.783 bits per heavy atom. The summed E-state index contributed by atoms with van der Waals surface area (Å²) in [5.74, 6) is 0.254. The minimum atomic E-state index is -0.215. The number of unbranched alkanes of at least 4 members (excludes halogenated alkanes) is 6. The predicted molar refractivity (Wildman–Crippen MR) is 102 cm³/mol. The zero-order valence-corrected chi connectivity index (χ0v) is 16.9. The molecule has 0 aliphatic heterocycles. The molecule has 0 saturated heterocycles. The van der Waals surface area contributed by atoms with Crippen molar-refractivity contribution in [2.45, 2.75) is 117 Å². The fraction of sp³-hybridized carbons (Fsp3) is 0.905. The van der Waals surface area contributed by atoms with Crippen LogP contribution in [-0.4, -0.2) is 17.5 Å². The number of rotatable bonds is 12. The van der Waals surface area contributed by atoms with E-state index in [1.54, 1.807) is 0 Å². The average Bonchev–Trinajstić information content (AvgIpc) is 2.38. The molecule has 0 aromatic heterocycles. The molecule has 0 N–H and O–H groups in total. The van der Waals surface area contributed by atoms with Crippen molar-refractivity contribution in [1.29, 1.82) is 0 Å². The van der Waals surface area contributed by atoms with Gasteiger partial charge in [0.05, 0.1) is 11.2 Å². The first kappa shape index (κ1) is 22.7. The molecule has 23 heavy (non-hydrogen) atoms. The first-order valence-corrected chi connectivity index (χ1v) is 9.57. The highest BCUT2D eigenvalue weighted by atomic mass is 16.7. The van der Waals surface area contributed by atoms with Crippen LogP contribution in [0.5, 0.6) is 0 Å². The summed E-state index contributed by atoms with van der Waals surface area (Å²) < 4.78 is 12.4. The van der Waals surface area contributed by atoms with Gasteiger partial charge >= 0.3 is 0 Å². The van der Waals surface area contributed by atoms with E-state index in [9.17, 15) is 0 Å². The molecule has 0 rings (SSSR count). The summed E-state index contributed by atoms with van der Waals surface area (Å²) in [5.41, 5.74) is -0.422. The Kier molecular flexibility index (Phi) is 11.1. The van der Waals surface area contributed by atoms with Gasteiger partial charge in [0.15, 0.2) is 6.29 Å². The molecule has 138 valence electrons. The summed E-state index contributed by atoms with van der Waals surface area (Å²) >= 11 is 0. The highest BCUT2D eigenvalue weighted by Gasteiger charge is 2.29. The van der Waals surface area contributed by atoms with E-state index in [4.69, 9.17) is 9.47 Å². The summed E-state index contributed by atoms with van der Waals surface area (Å²) in [4.78, 5) is 0. The molecule has 0 spiro atoms. The fourth-order valence-corrected chi connectivity index (χ4v) is 2.60. The third-order valence-corrected chi connectivity index (χ3v) is 3.73. The highest BCUT2D eigenvalue weighted by Crippen LogP contribution is 2.27. The average molecular weight is 327 g/mol. The van der Waals surface area contributed by atoms with Gasteiger partial charge in [0.2, 0.25) is 0 Å². The number of hydrogen-bond acceptors (Lipinski definition) is 2. The second-order valence-corrected chi connectivity index (χ2v) is 8.64. The lowest BCUT2D eigenvalue weighted by Gasteiger charge is -2.36. The third-order valence-electron chi connectivity index (χ3n) is 3.73. The van der Waals surface area contributed by atoms with Gasteiger partial charge in [-0.05, 0) is 48.0 Å². The van der Waals surface area contributed by atoms with Crippen LogP contribution in [0.1, 0.15) is 99.8 Å². The van der Waals surface area contributed by atoms with Crippen LogP contribution in [0.2, 0.25) is 0 Å². The number of ether oxygens (including phenoxy) is 2. The lowest BCUT2D eigenvalue weighted by Crippen LogP contribution is -2.39. The Morgan fingerprint density at radius 3 is 1.61 bits per heavy atom. The summed E-state index contributed by atoms with van der Waals surface area (Å²) in [6, 6.07) is 0. The van der Waals surface area contributed by atoms with E-state index in [2.05, 4.69) is 55.0 Å². The zero-order valence-electron chi connectivity index (χ0n) is 16.9. The molecule has 0 saturated carbocycles. The Hall–Kier alpha value is -0.340. The Morgan fingerprint density at radius 2 is 1.22 bits per heavy atom. The predicted octanol–water partition coefficient (Wildman–Crippen LogP) is 6.89. The van der Waals surface area contributed by atoms with E-state index in [0.29, 0.717) is 0 Å². The van der Waals surface area contributed by atoms with Crippen LogP contribution in [0.3, 0.4) is 0 Å². The third kappa shape index (κ3) is 13.8. The zero-order chi connectivity index (χ0) is 17.9. The molecule has 2 nitrogen and oxygen atoms in total. The van der Waals surface area contributed by atoms with Crippen LogP contribution >= 0.6 is 0 Å². The summed E-state index contributed by atoms with van der Waals surface area (Å²) in [5, 5.41) is 0. The molecular weight excluding hydrogens is 284 g/mol. The van der Waals surface area contributed by atoms with Crippen LogP contribution < -0.4 is 0 Å². The maximum Gasteiger partial charge on any atom is 0.165 e. The van der Waals surface area contributed by atoms with Gasteiger partial charge in [0, 0.05) is 5.92 Å². The summed E-state index contributed by atoms with van der Waals surface area (Å²) in [6.07, 6.45) is 12.2. The van der Waals surface area contributed by atoms with Crippen LogP contribution in [0.15, 0.2) is 12.7 Å². The van der Waals surface area contributed by atoms with Crippen molar-refractivity contribution in [2.75, 3.05) is 0 Å². The smallest absolute Gasteiger partial charge is 0.165 e. The molecule has 1 atom stereocenters. The van der Waals surface area contributed by atoms with E-state index in [1.807, 2.05) is 6.08 Å². The SMILES string of the molecule is C=CC(CCCCCCCCC)C(OC(C)(C)C)OC(C)(C)C. The first-order valence-electron chi connectivity index (χ1n) is 9.57. The Labute approximate surface area is 146 Å². The molecule has 0 fully saturated rings. The standard InChI is InChI=1S/C21H42O2/c1-9-11-12-13-14-15-16-17-18(10-2)19(22-20(3,4)5)23-21(6,7)8/h10,18-19H,2,9,11-17H2,1,3-8H3. The van der Waals surface area contributed by atoms with E-state index < -0.39 is 0 Å². The van der Waals surface area contributed by atoms with Crippen LogP contribution in [0, 0.1) is 5.92 Å². The summed E-state index contributed by atoms with van der Waals surface area (Å²) in [6.45, 7) is 18.8.